The molecule has 0 unspecified atom stereocenters. The molecule has 23 heavy (non-hydrogen) atoms. The Bertz CT molecular complexity index is 548. The fraction of sp³-hybridized carbons (Fsp3) is 0.632. The molecule has 2 atom stereocenters. The topological polar surface area (TPSA) is 58.6 Å². The van der Waals surface area contributed by atoms with Crippen molar-refractivity contribution in [1.29, 1.82) is 0 Å². The van der Waals surface area contributed by atoms with E-state index in [0.717, 1.165) is 37.2 Å². The Morgan fingerprint density at radius 3 is 2.78 bits per heavy atom. The van der Waals surface area contributed by atoms with Crippen molar-refractivity contribution in [2.75, 3.05) is 6.61 Å². The molecule has 128 valence electrons. The third-order valence-corrected chi connectivity index (χ3v) is 4.37. The second kappa shape index (κ2) is 7.35. The van der Waals surface area contributed by atoms with Crippen LogP contribution in [0.2, 0.25) is 0 Å². The van der Waals surface area contributed by atoms with Crippen LogP contribution in [0.1, 0.15) is 64.1 Å². The molecule has 0 amide bonds. The van der Waals surface area contributed by atoms with Gasteiger partial charge < -0.3 is 9.84 Å². The Hall–Kier alpha value is -1.55. The highest BCUT2D eigenvalue weighted by Crippen LogP contribution is 2.29. The van der Waals surface area contributed by atoms with Crippen LogP contribution >= 0.6 is 0 Å². The van der Waals surface area contributed by atoms with E-state index in [-0.39, 0.29) is 11.5 Å². The molecule has 1 aromatic carbocycles. The van der Waals surface area contributed by atoms with Gasteiger partial charge in [0.2, 0.25) is 0 Å². The summed E-state index contributed by atoms with van der Waals surface area (Å²) < 4.78 is 5.71. The van der Waals surface area contributed by atoms with Crippen molar-refractivity contribution in [3.63, 3.8) is 0 Å². The van der Waals surface area contributed by atoms with Gasteiger partial charge in [0.1, 0.15) is 11.8 Å². The lowest BCUT2D eigenvalue weighted by Gasteiger charge is -2.25. The molecule has 4 heteroatoms. The SMILES string of the molecule is C[C@@H](N[C@@H](CCC(C)(C)C)C(=O)O)c1ccc2c(c1)OCCC2. The van der Waals surface area contributed by atoms with Crippen molar-refractivity contribution in [3.05, 3.63) is 29.3 Å². The predicted octanol–water partition coefficient (Wildman–Crippen LogP) is 3.94. The monoisotopic (exact) mass is 319 g/mol. The lowest BCUT2D eigenvalue weighted by molar-refractivity contribution is -0.140. The van der Waals surface area contributed by atoms with Crippen molar-refractivity contribution in [2.45, 2.75) is 65.5 Å². The maximum absolute atomic E-state index is 11.5. The molecule has 0 bridgehead atoms. The first kappa shape index (κ1) is 17.8. The van der Waals surface area contributed by atoms with E-state index in [2.05, 4.69) is 44.3 Å². The van der Waals surface area contributed by atoms with Crippen LogP contribution in [-0.2, 0) is 11.2 Å². The van der Waals surface area contributed by atoms with Gasteiger partial charge in [0.25, 0.3) is 0 Å². The first-order chi connectivity index (χ1) is 10.8. The second-order valence-corrected chi connectivity index (χ2v) is 7.70. The number of benzene rings is 1. The van der Waals surface area contributed by atoms with Gasteiger partial charge in [-0.15, -0.1) is 0 Å². The molecule has 1 aliphatic rings. The third-order valence-electron chi connectivity index (χ3n) is 4.37. The van der Waals surface area contributed by atoms with Crippen LogP contribution in [-0.4, -0.2) is 23.7 Å². The maximum Gasteiger partial charge on any atom is 0.320 e. The summed E-state index contributed by atoms with van der Waals surface area (Å²) in [6.07, 6.45) is 3.62. The van der Waals surface area contributed by atoms with E-state index in [1.165, 1.54) is 5.56 Å². The number of carboxylic acids is 1. The molecule has 0 aliphatic carbocycles. The molecular formula is C19H29NO3. The van der Waals surface area contributed by atoms with Crippen LogP contribution in [0, 0.1) is 5.41 Å². The van der Waals surface area contributed by atoms with Crippen LogP contribution in [0.25, 0.3) is 0 Å². The summed E-state index contributed by atoms with van der Waals surface area (Å²) in [6.45, 7) is 9.18. The molecule has 2 N–H and O–H groups in total. The van der Waals surface area contributed by atoms with Gasteiger partial charge in [-0.05, 0) is 55.2 Å². The number of hydrogen-bond donors (Lipinski definition) is 2. The van der Waals surface area contributed by atoms with Crippen molar-refractivity contribution in [1.82, 2.24) is 5.32 Å². The number of fused-ring (bicyclic) bond motifs is 1. The summed E-state index contributed by atoms with van der Waals surface area (Å²) in [5, 5.41) is 12.7. The molecule has 4 nitrogen and oxygen atoms in total. The molecular weight excluding hydrogens is 290 g/mol. The average molecular weight is 319 g/mol. The van der Waals surface area contributed by atoms with Gasteiger partial charge in [-0.2, -0.15) is 0 Å². The van der Waals surface area contributed by atoms with Crippen LogP contribution in [0.4, 0.5) is 0 Å². The normalized spacial score (nSPS) is 17.0. The minimum absolute atomic E-state index is 0.0214. The lowest BCUT2D eigenvalue weighted by Crippen LogP contribution is -2.39. The van der Waals surface area contributed by atoms with E-state index in [1.807, 2.05) is 6.92 Å². The third kappa shape index (κ3) is 5.24. The number of nitrogens with one attached hydrogen (secondary N) is 1. The molecule has 1 aromatic rings. The van der Waals surface area contributed by atoms with Crippen molar-refractivity contribution >= 4 is 5.97 Å². The summed E-state index contributed by atoms with van der Waals surface area (Å²) in [6, 6.07) is 5.68. The summed E-state index contributed by atoms with van der Waals surface area (Å²) >= 11 is 0. The molecule has 0 aromatic heterocycles. The van der Waals surface area contributed by atoms with Gasteiger partial charge in [-0.3, -0.25) is 10.1 Å². The number of aliphatic carboxylic acids is 1. The zero-order chi connectivity index (χ0) is 17.0. The Labute approximate surface area is 139 Å². The summed E-state index contributed by atoms with van der Waals surface area (Å²) in [4.78, 5) is 11.5. The van der Waals surface area contributed by atoms with Crippen molar-refractivity contribution in [3.8, 4) is 5.75 Å². The smallest absolute Gasteiger partial charge is 0.320 e. The van der Waals surface area contributed by atoms with E-state index in [4.69, 9.17) is 4.74 Å². The van der Waals surface area contributed by atoms with Gasteiger partial charge in [0.05, 0.1) is 6.61 Å². The van der Waals surface area contributed by atoms with Crippen molar-refractivity contribution < 1.29 is 14.6 Å². The minimum atomic E-state index is -0.782. The number of carboxylic acid groups (broad SMARTS) is 1. The van der Waals surface area contributed by atoms with Gasteiger partial charge in [-0.25, -0.2) is 0 Å². The average Bonchev–Trinajstić information content (AvgIpc) is 2.49. The Balaban J connectivity index is 2.03. The number of carbonyl (C=O) groups is 1. The van der Waals surface area contributed by atoms with Crippen LogP contribution in [0.3, 0.4) is 0 Å². The Morgan fingerprint density at radius 1 is 1.39 bits per heavy atom. The van der Waals surface area contributed by atoms with Gasteiger partial charge in [0, 0.05) is 6.04 Å². The first-order valence-corrected chi connectivity index (χ1v) is 8.51. The Morgan fingerprint density at radius 2 is 2.13 bits per heavy atom. The summed E-state index contributed by atoms with van der Waals surface area (Å²) in [5.41, 5.74) is 2.46. The highest BCUT2D eigenvalue weighted by Gasteiger charge is 2.23. The van der Waals surface area contributed by atoms with E-state index in [0.29, 0.717) is 6.42 Å². The maximum atomic E-state index is 11.5. The molecule has 1 heterocycles. The van der Waals surface area contributed by atoms with Crippen molar-refractivity contribution in [2.24, 2.45) is 5.41 Å². The second-order valence-electron chi connectivity index (χ2n) is 7.70. The van der Waals surface area contributed by atoms with E-state index < -0.39 is 12.0 Å². The molecule has 1 aliphatic heterocycles. The van der Waals surface area contributed by atoms with Gasteiger partial charge in [0.15, 0.2) is 0 Å². The van der Waals surface area contributed by atoms with Crippen LogP contribution < -0.4 is 10.1 Å². The molecule has 0 spiro atoms. The highest BCUT2D eigenvalue weighted by molar-refractivity contribution is 5.73. The molecule has 0 saturated heterocycles. The zero-order valence-electron chi connectivity index (χ0n) is 14.7. The summed E-state index contributed by atoms with van der Waals surface area (Å²) in [7, 11) is 0. The number of rotatable bonds is 6. The summed E-state index contributed by atoms with van der Waals surface area (Å²) in [5.74, 6) is 0.166. The lowest BCUT2D eigenvalue weighted by atomic mass is 9.88. The first-order valence-electron chi connectivity index (χ1n) is 8.51. The zero-order valence-corrected chi connectivity index (χ0v) is 14.7. The van der Waals surface area contributed by atoms with Crippen LogP contribution in [0.5, 0.6) is 5.75 Å². The van der Waals surface area contributed by atoms with Crippen LogP contribution in [0.15, 0.2) is 18.2 Å². The Kier molecular flexibility index (Phi) is 5.69. The number of ether oxygens (including phenoxy) is 1. The number of aryl methyl sites for hydroxylation is 1. The fourth-order valence-electron chi connectivity index (χ4n) is 2.88. The largest absolute Gasteiger partial charge is 0.493 e. The van der Waals surface area contributed by atoms with E-state index in [1.54, 1.807) is 0 Å². The standard InChI is InChI=1S/C19H29NO3/c1-13(20-16(18(21)22)9-10-19(2,3)4)15-8-7-14-6-5-11-23-17(14)12-15/h7-8,12-13,16,20H,5-6,9-11H2,1-4H3,(H,21,22)/t13-,16+/m1/s1. The fourth-order valence-corrected chi connectivity index (χ4v) is 2.88. The van der Waals surface area contributed by atoms with E-state index in [9.17, 15) is 9.90 Å². The van der Waals surface area contributed by atoms with Gasteiger partial charge in [-0.1, -0.05) is 32.9 Å². The quantitative estimate of drug-likeness (QED) is 0.834. The molecule has 2 rings (SSSR count). The van der Waals surface area contributed by atoms with Gasteiger partial charge >= 0.3 is 5.97 Å². The molecule has 0 fully saturated rings. The van der Waals surface area contributed by atoms with E-state index >= 15 is 0 Å². The molecule has 0 radical (unpaired) electrons. The highest BCUT2D eigenvalue weighted by atomic mass is 16.5. The minimum Gasteiger partial charge on any atom is -0.493 e. The molecule has 0 saturated carbocycles. The predicted molar refractivity (Wildman–Crippen MR) is 91.9 cm³/mol. The number of hydrogen-bond acceptors (Lipinski definition) is 3.